The van der Waals surface area contributed by atoms with Gasteiger partial charge in [0.1, 0.15) is 45.4 Å². The van der Waals surface area contributed by atoms with Crippen molar-refractivity contribution >= 4 is 47.6 Å². The fraction of sp³-hybridized carbons (Fsp3) is 0.600. The summed E-state index contributed by atoms with van der Waals surface area (Å²) < 4.78 is 29.2. The molecule has 1 atom stereocenters. The Kier molecular flexibility index (Phi) is 20.1. The number of esters is 6. The van der Waals surface area contributed by atoms with E-state index in [1.165, 1.54) is 4.90 Å². The SMILES string of the molecule is C=CC(=O)OCCOC(=O)CCCCCOC(=O)CC(=O)NC1CN1C(=O)CC(=O)OCCCCCC(=O)OCCOC(=O)C=C. The summed E-state index contributed by atoms with van der Waals surface area (Å²) >= 11 is 0. The van der Waals surface area contributed by atoms with E-state index in [-0.39, 0.29) is 59.0 Å². The van der Waals surface area contributed by atoms with Gasteiger partial charge >= 0.3 is 35.8 Å². The van der Waals surface area contributed by atoms with Crippen LogP contribution >= 0.6 is 0 Å². The molecule has 0 aromatic rings. The smallest absolute Gasteiger partial charge is 0.330 e. The Morgan fingerprint density at radius 2 is 1.00 bits per heavy atom. The molecule has 0 saturated carbocycles. The molecule has 1 fully saturated rings. The van der Waals surface area contributed by atoms with Crippen LogP contribution in [0.1, 0.15) is 64.2 Å². The molecule has 0 radical (unpaired) electrons. The lowest BCUT2D eigenvalue weighted by atomic mass is 10.2. The molecular weight excluding hydrogens is 612 g/mol. The van der Waals surface area contributed by atoms with Gasteiger partial charge in [-0.2, -0.15) is 0 Å². The first-order valence-corrected chi connectivity index (χ1v) is 14.8. The standard InChI is InChI=1S/C30H42N2O14/c1-3-25(35)43-15-17-45-27(37)11-7-5-9-13-41-29(39)19-23(33)31-22-21-32(22)24(34)20-30(40)42-14-10-6-8-12-28(38)46-18-16-44-26(36)4-2/h3-4,22H,1-2,5-21H2,(H,31,33). The minimum atomic E-state index is -0.739. The van der Waals surface area contributed by atoms with E-state index in [0.717, 1.165) is 12.2 Å². The molecule has 0 spiro atoms. The zero-order chi connectivity index (χ0) is 34.2. The van der Waals surface area contributed by atoms with E-state index in [2.05, 4.69) is 27.9 Å². The summed E-state index contributed by atoms with van der Waals surface area (Å²) in [6.45, 7) is 6.61. The van der Waals surface area contributed by atoms with Gasteiger partial charge in [0, 0.05) is 25.0 Å². The second-order valence-corrected chi connectivity index (χ2v) is 9.73. The van der Waals surface area contributed by atoms with Crippen molar-refractivity contribution in [3.63, 3.8) is 0 Å². The maximum atomic E-state index is 12.2. The quantitative estimate of drug-likeness (QED) is 0.0361. The molecular formula is C30H42N2O14. The number of rotatable bonds is 25. The topological polar surface area (TPSA) is 207 Å². The molecule has 0 aliphatic carbocycles. The van der Waals surface area contributed by atoms with Crippen molar-refractivity contribution in [2.45, 2.75) is 70.4 Å². The number of amides is 2. The van der Waals surface area contributed by atoms with Crippen LogP contribution in [0.3, 0.4) is 0 Å². The maximum Gasteiger partial charge on any atom is 0.330 e. The van der Waals surface area contributed by atoms with E-state index in [0.29, 0.717) is 38.5 Å². The Labute approximate surface area is 266 Å². The van der Waals surface area contributed by atoms with E-state index in [1.807, 2.05) is 0 Å². The third-order valence-electron chi connectivity index (χ3n) is 5.95. The van der Waals surface area contributed by atoms with Gasteiger partial charge in [0.25, 0.3) is 0 Å². The van der Waals surface area contributed by atoms with E-state index in [1.54, 1.807) is 0 Å². The lowest BCUT2D eigenvalue weighted by Gasteiger charge is -2.08. The molecule has 2 amide bonds. The fourth-order valence-electron chi connectivity index (χ4n) is 3.56. The molecule has 1 aliphatic heterocycles. The molecule has 1 heterocycles. The highest BCUT2D eigenvalue weighted by molar-refractivity contribution is 5.97. The highest BCUT2D eigenvalue weighted by Crippen LogP contribution is 2.16. The molecule has 16 nitrogen and oxygen atoms in total. The Bertz CT molecular complexity index is 1090. The normalized spacial score (nSPS) is 13.0. The van der Waals surface area contributed by atoms with Crippen LogP contribution in [0, 0.1) is 0 Å². The van der Waals surface area contributed by atoms with Gasteiger partial charge in [-0.05, 0) is 38.5 Å². The molecule has 1 saturated heterocycles. The summed E-state index contributed by atoms with van der Waals surface area (Å²) in [6, 6.07) is 0. The van der Waals surface area contributed by atoms with E-state index in [4.69, 9.17) is 18.9 Å². The number of hydrogen-bond acceptors (Lipinski definition) is 14. The van der Waals surface area contributed by atoms with Gasteiger partial charge < -0.3 is 38.6 Å². The summed E-state index contributed by atoms with van der Waals surface area (Å²) in [7, 11) is 0. The summed E-state index contributed by atoms with van der Waals surface area (Å²) in [5, 5.41) is 2.51. The van der Waals surface area contributed by atoms with Crippen molar-refractivity contribution < 1.29 is 66.8 Å². The lowest BCUT2D eigenvalue weighted by molar-refractivity contribution is -0.150. The minimum absolute atomic E-state index is 0.0512. The Morgan fingerprint density at radius 1 is 0.565 bits per heavy atom. The van der Waals surface area contributed by atoms with Crippen LogP contribution in [0.25, 0.3) is 0 Å². The number of carbonyl (C=O) groups is 8. The molecule has 1 N–H and O–H groups in total. The van der Waals surface area contributed by atoms with Gasteiger partial charge in [-0.15, -0.1) is 0 Å². The molecule has 1 aliphatic rings. The summed E-state index contributed by atoms with van der Waals surface area (Å²) in [5.74, 6) is -4.71. The third-order valence-corrected chi connectivity index (χ3v) is 5.95. The van der Waals surface area contributed by atoms with Crippen molar-refractivity contribution in [2.75, 3.05) is 46.2 Å². The molecule has 0 aromatic heterocycles. The predicted molar refractivity (Wildman–Crippen MR) is 156 cm³/mol. The van der Waals surface area contributed by atoms with Crippen LogP contribution in [0.4, 0.5) is 0 Å². The number of nitrogens with one attached hydrogen (secondary N) is 1. The van der Waals surface area contributed by atoms with Crippen molar-refractivity contribution in [1.82, 2.24) is 10.2 Å². The number of ether oxygens (including phenoxy) is 6. The number of hydrogen-bond donors (Lipinski definition) is 1. The Hall–Kier alpha value is -4.76. The molecule has 46 heavy (non-hydrogen) atoms. The van der Waals surface area contributed by atoms with Gasteiger partial charge in [0.2, 0.25) is 11.8 Å². The summed E-state index contributed by atoms with van der Waals surface area (Å²) in [5.41, 5.74) is 0. The number of unbranched alkanes of at least 4 members (excludes halogenated alkanes) is 4. The van der Waals surface area contributed by atoms with E-state index >= 15 is 0 Å². The monoisotopic (exact) mass is 654 g/mol. The molecule has 1 rings (SSSR count). The highest BCUT2D eigenvalue weighted by atomic mass is 16.6. The average Bonchev–Trinajstić information content (AvgIpc) is 3.79. The van der Waals surface area contributed by atoms with Crippen LogP contribution in [-0.4, -0.2) is 105 Å². The largest absolute Gasteiger partial charge is 0.465 e. The van der Waals surface area contributed by atoms with Crippen molar-refractivity contribution in [3.05, 3.63) is 25.3 Å². The van der Waals surface area contributed by atoms with Crippen LogP contribution in [0.2, 0.25) is 0 Å². The van der Waals surface area contributed by atoms with Gasteiger partial charge in [0.05, 0.1) is 19.8 Å². The van der Waals surface area contributed by atoms with E-state index in [9.17, 15) is 38.4 Å². The minimum Gasteiger partial charge on any atom is -0.465 e. The first kappa shape index (κ1) is 39.3. The first-order valence-electron chi connectivity index (χ1n) is 14.8. The molecule has 0 aromatic carbocycles. The predicted octanol–water partition coefficient (Wildman–Crippen LogP) is 0.803. The summed E-state index contributed by atoms with van der Waals surface area (Å²) in [4.78, 5) is 94.3. The molecule has 1 unspecified atom stereocenters. The zero-order valence-corrected chi connectivity index (χ0v) is 25.8. The molecule has 0 bridgehead atoms. The van der Waals surface area contributed by atoms with E-state index < -0.39 is 66.6 Å². The van der Waals surface area contributed by atoms with Crippen molar-refractivity contribution in [3.8, 4) is 0 Å². The molecule has 16 heteroatoms. The van der Waals surface area contributed by atoms with Crippen LogP contribution in [-0.2, 0) is 66.8 Å². The Balaban J connectivity index is 2.02. The van der Waals surface area contributed by atoms with Crippen molar-refractivity contribution in [2.24, 2.45) is 0 Å². The third kappa shape index (κ3) is 20.2. The summed E-state index contributed by atoms with van der Waals surface area (Å²) in [6.07, 6.45) is 3.79. The van der Waals surface area contributed by atoms with Gasteiger partial charge in [-0.3, -0.25) is 28.8 Å². The van der Waals surface area contributed by atoms with Gasteiger partial charge in [-0.1, -0.05) is 13.2 Å². The lowest BCUT2D eigenvalue weighted by Crippen LogP contribution is -2.33. The average molecular weight is 655 g/mol. The fourth-order valence-corrected chi connectivity index (χ4v) is 3.56. The molecule has 256 valence electrons. The second kappa shape index (κ2) is 23.6. The second-order valence-electron chi connectivity index (χ2n) is 9.73. The van der Waals surface area contributed by atoms with Crippen molar-refractivity contribution in [1.29, 1.82) is 0 Å². The van der Waals surface area contributed by atoms with Crippen LogP contribution in [0.15, 0.2) is 25.3 Å². The highest BCUT2D eigenvalue weighted by Gasteiger charge is 2.40. The van der Waals surface area contributed by atoms with Gasteiger partial charge in [0.15, 0.2) is 0 Å². The maximum absolute atomic E-state index is 12.2. The zero-order valence-electron chi connectivity index (χ0n) is 25.8. The number of nitrogens with zero attached hydrogens (tertiary/aromatic N) is 1. The van der Waals surface area contributed by atoms with Gasteiger partial charge in [-0.25, -0.2) is 9.59 Å². The van der Waals surface area contributed by atoms with Crippen LogP contribution in [0.5, 0.6) is 0 Å². The first-order chi connectivity index (χ1) is 22.0. The number of carbonyl (C=O) groups excluding carboxylic acids is 8. The van der Waals surface area contributed by atoms with Crippen LogP contribution < -0.4 is 5.32 Å². The Morgan fingerprint density at radius 3 is 1.48 bits per heavy atom.